The fraction of sp³-hybridized carbons (Fsp3) is 0.520. The fourth-order valence-corrected chi connectivity index (χ4v) is 3.88. The SMILES string of the molecule is C=C(NCCC(=O)OC[C@@H](NC(=O)C(Cl)Cl)[C@H](OC(=O)CCNC(=O)C(C)N)c1ccc(S(C)(=O)=O)cc1)C(C)N. The second-order valence-electron chi connectivity index (χ2n) is 9.17. The normalized spacial score (nSPS) is 14.2. The third-order valence-electron chi connectivity index (χ3n) is 5.48. The second kappa shape index (κ2) is 17.1. The van der Waals surface area contributed by atoms with Gasteiger partial charge in [0.2, 0.25) is 5.91 Å². The molecule has 0 saturated heterocycles. The average molecular weight is 639 g/mol. The highest BCUT2D eigenvalue weighted by atomic mass is 35.5. The van der Waals surface area contributed by atoms with Gasteiger partial charge < -0.3 is 36.9 Å². The molecule has 0 aliphatic carbocycles. The van der Waals surface area contributed by atoms with Crippen molar-refractivity contribution >= 4 is 56.8 Å². The van der Waals surface area contributed by atoms with E-state index in [9.17, 15) is 27.6 Å². The molecular formula is C25H37Cl2N5O8S. The number of carbonyl (C=O) groups excluding carboxylic acids is 4. The maximum absolute atomic E-state index is 12.7. The van der Waals surface area contributed by atoms with Crippen LogP contribution in [0.4, 0.5) is 0 Å². The van der Waals surface area contributed by atoms with Crippen LogP contribution in [0, 0.1) is 0 Å². The lowest BCUT2D eigenvalue weighted by Gasteiger charge is -2.28. The van der Waals surface area contributed by atoms with Crippen LogP contribution in [0.2, 0.25) is 0 Å². The minimum absolute atomic E-state index is 0.000535. The second-order valence-corrected chi connectivity index (χ2v) is 12.3. The summed E-state index contributed by atoms with van der Waals surface area (Å²) in [6, 6.07) is 3.05. The van der Waals surface area contributed by atoms with Crippen molar-refractivity contribution in [1.82, 2.24) is 16.0 Å². The summed E-state index contributed by atoms with van der Waals surface area (Å²) in [7, 11) is -3.54. The first-order valence-corrected chi connectivity index (χ1v) is 15.2. The average Bonchev–Trinajstić information content (AvgIpc) is 2.88. The molecule has 13 nitrogen and oxygen atoms in total. The maximum atomic E-state index is 12.7. The van der Waals surface area contributed by atoms with E-state index in [-0.39, 0.29) is 42.4 Å². The molecule has 0 aromatic heterocycles. The molecule has 0 radical (unpaired) electrons. The molecule has 16 heteroatoms. The van der Waals surface area contributed by atoms with Gasteiger partial charge in [-0.15, -0.1) is 0 Å². The molecule has 2 amide bonds. The Bertz CT molecular complexity index is 1180. The molecule has 0 aliphatic heterocycles. The number of nitrogens with two attached hydrogens (primary N) is 2. The lowest BCUT2D eigenvalue weighted by Crippen LogP contribution is -2.46. The van der Waals surface area contributed by atoms with Crippen molar-refractivity contribution in [3.8, 4) is 0 Å². The van der Waals surface area contributed by atoms with Crippen molar-refractivity contribution in [2.24, 2.45) is 11.5 Å². The highest BCUT2D eigenvalue weighted by Gasteiger charge is 2.31. The van der Waals surface area contributed by atoms with Crippen LogP contribution < -0.4 is 27.4 Å². The van der Waals surface area contributed by atoms with Gasteiger partial charge in [0.05, 0.1) is 23.8 Å². The first-order chi connectivity index (χ1) is 19.0. The predicted molar refractivity (Wildman–Crippen MR) is 153 cm³/mol. The number of nitrogens with one attached hydrogen (secondary N) is 3. The van der Waals surface area contributed by atoms with Gasteiger partial charge in [0.1, 0.15) is 12.6 Å². The summed E-state index contributed by atoms with van der Waals surface area (Å²) >= 11 is 11.4. The Labute approximate surface area is 249 Å². The van der Waals surface area contributed by atoms with E-state index in [0.717, 1.165) is 6.26 Å². The number of halogens is 2. The summed E-state index contributed by atoms with van der Waals surface area (Å²) in [5.74, 6) is -2.78. The molecule has 41 heavy (non-hydrogen) atoms. The zero-order valence-electron chi connectivity index (χ0n) is 23.0. The molecule has 0 fully saturated rings. The van der Waals surface area contributed by atoms with E-state index in [1.165, 1.54) is 31.2 Å². The van der Waals surface area contributed by atoms with Crippen LogP contribution in [0.25, 0.3) is 0 Å². The van der Waals surface area contributed by atoms with Crippen LogP contribution in [0.5, 0.6) is 0 Å². The number of ether oxygens (including phenoxy) is 2. The summed E-state index contributed by atoms with van der Waals surface area (Å²) in [4.78, 5) is 47.7. The number of sulfone groups is 1. The van der Waals surface area contributed by atoms with Crippen molar-refractivity contribution in [3.63, 3.8) is 0 Å². The minimum Gasteiger partial charge on any atom is -0.463 e. The quantitative estimate of drug-likeness (QED) is 0.115. The smallest absolute Gasteiger partial charge is 0.308 e. The third kappa shape index (κ3) is 13.5. The van der Waals surface area contributed by atoms with Gasteiger partial charge in [0, 0.05) is 31.1 Å². The van der Waals surface area contributed by atoms with Crippen LogP contribution >= 0.6 is 23.2 Å². The van der Waals surface area contributed by atoms with Crippen molar-refractivity contribution < 1.29 is 37.1 Å². The predicted octanol–water partition coefficient (Wildman–Crippen LogP) is 0.200. The number of rotatable bonds is 17. The molecule has 230 valence electrons. The van der Waals surface area contributed by atoms with E-state index < -0.39 is 63.2 Å². The molecule has 0 heterocycles. The number of alkyl halides is 2. The molecule has 4 atom stereocenters. The van der Waals surface area contributed by atoms with Crippen LogP contribution in [0.3, 0.4) is 0 Å². The van der Waals surface area contributed by atoms with E-state index in [1.54, 1.807) is 6.92 Å². The van der Waals surface area contributed by atoms with Gasteiger partial charge in [-0.2, -0.15) is 0 Å². The van der Waals surface area contributed by atoms with Crippen molar-refractivity contribution in [1.29, 1.82) is 0 Å². The first-order valence-electron chi connectivity index (χ1n) is 12.5. The zero-order chi connectivity index (χ0) is 31.3. The summed E-state index contributed by atoms with van der Waals surface area (Å²) < 4.78 is 34.8. The van der Waals surface area contributed by atoms with Crippen LogP contribution in [0.15, 0.2) is 41.4 Å². The summed E-state index contributed by atoms with van der Waals surface area (Å²) in [5, 5.41) is 7.86. The number of carbonyl (C=O) groups is 4. The lowest BCUT2D eigenvalue weighted by atomic mass is 10.0. The largest absolute Gasteiger partial charge is 0.463 e. The van der Waals surface area contributed by atoms with E-state index in [0.29, 0.717) is 5.70 Å². The molecule has 2 unspecified atom stereocenters. The van der Waals surface area contributed by atoms with Crippen LogP contribution in [-0.2, 0) is 38.5 Å². The molecule has 7 N–H and O–H groups in total. The number of amides is 2. The molecule has 1 rings (SSSR count). The Kier molecular flexibility index (Phi) is 15.1. The third-order valence-corrected chi connectivity index (χ3v) is 7.01. The summed E-state index contributed by atoms with van der Waals surface area (Å²) in [5.41, 5.74) is 12.0. The molecule has 0 saturated carbocycles. The van der Waals surface area contributed by atoms with Crippen LogP contribution in [0.1, 0.15) is 38.4 Å². The number of hydrogen-bond donors (Lipinski definition) is 5. The lowest BCUT2D eigenvalue weighted by molar-refractivity contribution is -0.155. The Hall–Kier alpha value is -2.91. The summed E-state index contributed by atoms with van der Waals surface area (Å²) in [6.07, 6.45) is -0.593. The van der Waals surface area contributed by atoms with Crippen molar-refractivity contribution in [2.45, 2.75) is 60.7 Å². The van der Waals surface area contributed by atoms with Gasteiger partial charge in [-0.05, 0) is 31.5 Å². The standard InChI is InChI=1S/C25H37Cl2N5O8S/c1-14(28)16(3)30-11-9-20(33)39-13-19(32-25(36)23(26)27)22(17-5-7-18(8-6-17)41(4,37)38)40-21(34)10-12-31-24(35)15(2)29/h5-8,14-15,19,22-23,30H,3,9-13,28-29H2,1-2,4H3,(H,31,35)(H,32,36)/t14?,15?,19-,22-/m1/s1. The molecule has 0 bridgehead atoms. The van der Waals surface area contributed by atoms with Gasteiger partial charge in [-0.1, -0.05) is 41.9 Å². The monoisotopic (exact) mass is 637 g/mol. The summed E-state index contributed by atoms with van der Waals surface area (Å²) in [6.45, 7) is 6.57. The number of esters is 2. The van der Waals surface area contributed by atoms with E-state index >= 15 is 0 Å². The van der Waals surface area contributed by atoms with Gasteiger partial charge in [0.15, 0.2) is 20.8 Å². The van der Waals surface area contributed by atoms with Gasteiger partial charge >= 0.3 is 11.9 Å². The molecule has 1 aromatic rings. The topological polar surface area (TPSA) is 209 Å². The fourth-order valence-electron chi connectivity index (χ4n) is 3.13. The van der Waals surface area contributed by atoms with Crippen LogP contribution in [-0.4, -0.2) is 81.1 Å². The van der Waals surface area contributed by atoms with E-state index in [1.807, 2.05) is 0 Å². The number of hydrogen-bond acceptors (Lipinski definition) is 11. The number of benzene rings is 1. The molecule has 0 spiro atoms. The minimum atomic E-state index is -3.54. The van der Waals surface area contributed by atoms with Gasteiger partial charge in [-0.25, -0.2) is 8.42 Å². The maximum Gasteiger partial charge on any atom is 0.308 e. The van der Waals surface area contributed by atoms with Crippen molar-refractivity contribution in [3.05, 3.63) is 42.1 Å². The molecule has 0 aliphatic rings. The van der Waals surface area contributed by atoms with Crippen molar-refractivity contribution in [2.75, 3.05) is 26.0 Å². The first kappa shape index (κ1) is 36.1. The van der Waals surface area contributed by atoms with E-state index in [4.69, 9.17) is 44.1 Å². The Morgan fingerprint density at radius 2 is 1.49 bits per heavy atom. The van der Waals surface area contributed by atoms with Gasteiger partial charge in [0.25, 0.3) is 5.91 Å². The highest BCUT2D eigenvalue weighted by molar-refractivity contribution is 7.90. The molecule has 1 aromatic carbocycles. The highest BCUT2D eigenvalue weighted by Crippen LogP contribution is 2.25. The Balaban J connectivity index is 3.19. The molecular weight excluding hydrogens is 601 g/mol. The Morgan fingerprint density at radius 1 is 0.927 bits per heavy atom. The zero-order valence-corrected chi connectivity index (χ0v) is 25.4. The van der Waals surface area contributed by atoms with E-state index in [2.05, 4.69) is 22.5 Å². The van der Waals surface area contributed by atoms with Gasteiger partial charge in [-0.3, -0.25) is 19.2 Å². The Morgan fingerprint density at radius 3 is 2.00 bits per heavy atom.